The van der Waals surface area contributed by atoms with Gasteiger partial charge in [0.15, 0.2) is 0 Å². The molecule has 3 heterocycles. The molecule has 6 nitrogen and oxygen atoms in total. The highest BCUT2D eigenvalue weighted by atomic mass is 35.5. The molecule has 4 rings (SSSR count). The Morgan fingerprint density at radius 2 is 2.25 bits per heavy atom. The molecular weight excluding hydrogens is 328 g/mol. The minimum absolute atomic E-state index is 0.194. The summed E-state index contributed by atoms with van der Waals surface area (Å²) >= 11 is 6.11. The lowest BCUT2D eigenvalue weighted by Crippen LogP contribution is -2.29. The first kappa shape index (κ1) is 14.7. The zero-order valence-electron chi connectivity index (χ0n) is 12.5. The number of pyridine rings is 1. The highest BCUT2D eigenvalue weighted by molar-refractivity contribution is 6.32. The second-order valence-corrected chi connectivity index (χ2v) is 5.78. The van der Waals surface area contributed by atoms with Gasteiger partial charge in [0.25, 0.3) is 5.91 Å². The van der Waals surface area contributed by atoms with Crippen LogP contribution in [0.4, 0.5) is 0 Å². The van der Waals surface area contributed by atoms with Gasteiger partial charge in [0.1, 0.15) is 24.5 Å². The van der Waals surface area contributed by atoms with Crippen molar-refractivity contribution in [2.24, 2.45) is 0 Å². The topological polar surface area (TPSA) is 69.0 Å². The molecule has 3 aromatic rings. The van der Waals surface area contributed by atoms with E-state index in [1.807, 2.05) is 12.1 Å². The number of rotatable bonds is 3. The van der Waals surface area contributed by atoms with E-state index >= 15 is 0 Å². The summed E-state index contributed by atoms with van der Waals surface area (Å²) in [6, 6.07) is 8.68. The van der Waals surface area contributed by atoms with Crippen LogP contribution in [-0.4, -0.2) is 27.0 Å². The number of imidazole rings is 1. The molecule has 0 bridgehead atoms. The van der Waals surface area contributed by atoms with Crippen LogP contribution in [0, 0.1) is 0 Å². The van der Waals surface area contributed by atoms with Crippen LogP contribution in [0.15, 0.2) is 55.2 Å². The first-order valence-electron chi connectivity index (χ1n) is 7.39. The third kappa shape index (κ3) is 2.61. The van der Waals surface area contributed by atoms with E-state index in [4.69, 9.17) is 16.3 Å². The number of hydrogen-bond donors (Lipinski definition) is 1. The van der Waals surface area contributed by atoms with Crippen molar-refractivity contribution < 1.29 is 9.53 Å². The Hall–Kier alpha value is -2.86. The Morgan fingerprint density at radius 3 is 3.08 bits per heavy atom. The highest BCUT2D eigenvalue weighted by Gasteiger charge is 2.27. The summed E-state index contributed by atoms with van der Waals surface area (Å²) in [5, 5.41) is 3.53. The van der Waals surface area contributed by atoms with Crippen LogP contribution in [-0.2, 0) is 0 Å². The lowest BCUT2D eigenvalue weighted by Gasteiger charge is -2.12. The molecule has 24 heavy (non-hydrogen) atoms. The molecule has 0 fully saturated rings. The predicted molar refractivity (Wildman–Crippen MR) is 88.5 cm³/mol. The predicted octanol–water partition coefficient (Wildman–Crippen LogP) is 2.78. The number of aromatic nitrogens is 3. The minimum atomic E-state index is -0.226. The normalized spacial score (nSPS) is 15.6. The monoisotopic (exact) mass is 340 g/mol. The molecule has 0 saturated heterocycles. The second-order valence-electron chi connectivity index (χ2n) is 5.37. The van der Waals surface area contributed by atoms with Crippen LogP contribution in [0.3, 0.4) is 0 Å². The van der Waals surface area contributed by atoms with Gasteiger partial charge < -0.3 is 10.1 Å². The molecule has 2 aromatic heterocycles. The highest BCUT2D eigenvalue weighted by Crippen LogP contribution is 2.38. The van der Waals surface area contributed by atoms with Crippen molar-refractivity contribution in [3.8, 4) is 11.6 Å². The second kappa shape index (κ2) is 5.98. The van der Waals surface area contributed by atoms with E-state index in [0.717, 1.165) is 5.56 Å². The maximum atomic E-state index is 12.6. The molecule has 0 saturated carbocycles. The Bertz CT molecular complexity index is 895. The molecule has 7 heteroatoms. The van der Waals surface area contributed by atoms with Crippen LogP contribution in [0.1, 0.15) is 22.0 Å². The Balaban J connectivity index is 1.56. The van der Waals surface area contributed by atoms with Gasteiger partial charge in [-0.25, -0.2) is 9.97 Å². The van der Waals surface area contributed by atoms with Crippen molar-refractivity contribution >= 4 is 17.5 Å². The van der Waals surface area contributed by atoms with Crippen molar-refractivity contribution in [3.05, 3.63) is 71.4 Å². The van der Waals surface area contributed by atoms with Crippen molar-refractivity contribution in [3.63, 3.8) is 0 Å². The van der Waals surface area contributed by atoms with Crippen LogP contribution < -0.4 is 10.1 Å². The third-order valence-corrected chi connectivity index (χ3v) is 4.15. The lowest BCUT2D eigenvalue weighted by molar-refractivity contribution is 0.0930. The molecule has 0 aliphatic carbocycles. The number of para-hydroxylation sites is 1. The van der Waals surface area contributed by atoms with E-state index < -0.39 is 0 Å². The molecule has 120 valence electrons. The quantitative estimate of drug-likeness (QED) is 0.796. The molecule has 1 aliphatic rings. The van der Waals surface area contributed by atoms with Crippen LogP contribution in [0.25, 0.3) is 5.82 Å². The van der Waals surface area contributed by atoms with Gasteiger partial charge in [-0.1, -0.05) is 23.7 Å². The summed E-state index contributed by atoms with van der Waals surface area (Å²) < 4.78 is 7.33. The molecule has 1 aliphatic heterocycles. The number of fused-ring (bicyclic) bond motifs is 1. The summed E-state index contributed by atoms with van der Waals surface area (Å²) in [6.45, 7) is 0.365. The standard InChI is InChI=1S/C17H13ClN4O2/c18-13-3-1-2-12-14(9-24-16(12)13)21-17(23)11-4-5-20-15(8-11)22-7-6-19-10-22/h1-8,10,14H,9H2,(H,21,23). The number of nitrogens with zero attached hydrogens (tertiary/aromatic N) is 3. The van der Waals surface area contributed by atoms with Gasteiger partial charge in [-0.05, 0) is 18.2 Å². The van der Waals surface area contributed by atoms with E-state index in [1.165, 1.54) is 0 Å². The number of hydrogen-bond acceptors (Lipinski definition) is 4. The van der Waals surface area contributed by atoms with E-state index in [9.17, 15) is 4.79 Å². The summed E-state index contributed by atoms with van der Waals surface area (Å²) in [5.74, 6) is 1.07. The molecule has 1 atom stereocenters. The maximum Gasteiger partial charge on any atom is 0.252 e. The molecule has 1 unspecified atom stereocenters. The van der Waals surface area contributed by atoms with E-state index in [-0.39, 0.29) is 11.9 Å². The van der Waals surface area contributed by atoms with Gasteiger partial charge in [0, 0.05) is 29.7 Å². The Kier molecular flexibility index (Phi) is 3.66. The summed E-state index contributed by atoms with van der Waals surface area (Å²) in [4.78, 5) is 20.8. The molecule has 0 spiro atoms. The maximum absolute atomic E-state index is 12.6. The molecule has 1 N–H and O–H groups in total. The number of nitrogens with one attached hydrogen (secondary N) is 1. The van der Waals surface area contributed by atoms with Crippen LogP contribution in [0.5, 0.6) is 5.75 Å². The average Bonchev–Trinajstić information content (AvgIpc) is 3.26. The van der Waals surface area contributed by atoms with Crippen molar-refractivity contribution in [2.45, 2.75) is 6.04 Å². The Labute approximate surface area is 143 Å². The van der Waals surface area contributed by atoms with Crippen molar-refractivity contribution in [1.82, 2.24) is 19.9 Å². The first-order chi connectivity index (χ1) is 11.7. The number of ether oxygens (including phenoxy) is 1. The molecule has 1 aromatic carbocycles. The van der Waals surface area contributed by atoms with Crippen LogP contribution >= 0.6 is 11.6 Å². The smallest absolute Gasteiger partial charge is 0.252 e. The first-order valence-corrected chi connectivity index (χ1v) is 7.76. The third-order valence-electron chi connectivity index (χ3n) is 3.85. The summed E-state index contributed by atoms with van der Waals surface area (Å²) in [5.41, 5.74) is 1.41. The van der Waals surface area contributed by atoms with Crippen molar-refractivity contribution in [2.75, 3.05) is 6.61 Å². The number of carbonyl (C=O) groups excluding carboxylic acids is 1. The van der Waals surface area contributed by atoms with Crippen LogP contribution in [0.2, 0.25) is 5.02 Å². The lowest BCUT2D eigenvalue weighted by atomic mass is 10.1. The number of benzene rings is 1. The zero-order valence-corrected chi connectivity index (χ0v) is 13.3. The SMILES string of the molecule is O=C(NC1COc2c(Cl)cccc21)c1ccnc(-n2ccnc2)c1. The number of carbonyl (C=O) groups is 1. The fraction of sp³-hybridized carbons (Fsp3) is 0.118. The van der Waals surface area contributed by atoms with Gasteiger partial charge in [0.2, 0.25) is 0 Å². The molecule has 1 amide bonds. The summed E-state index contributed by atoms with van der Waals surface area (Å²) in [6.07, 6.45) is 6.66. The van der Waals surface area contributed by atoms with Crippen molar-refractivity contribution in [1.29, 1.82) is 0 Å². The zero-order chi connectivity index (χ0) is 16.5. The van der Waals surface area contributed by atoms with Gasteiger partial charge in [-0.3, -0.25) is 9.36 Å². The van der Waals surface area contributed by atoms with Gasteiger partial charge in [0.05, 0.1) is 11.1 Å². The fourth-order valence-corrected chi connectivity index (χ4v) is 2.90. The van der Waals surface area contributed by atoms with E-state index in [1.54, 1.807) is 47.7 Å². The molecule has 0 radical (unpaired) electrons. The number of halogens is 1. The van der Waals surface area contributed by atoms with Gasteiger partial charge in [-0.2, -0.15) is 0 Å². The average molecular weight is 341 g/mol. The van der Waals surface area contributed by atoms with E-state index in [2.05, 4.69) is 15.3 Å². The molecular formula is C17H13ClN4O2. The number of amides is 1. The van der Waals surface area contributed by atoms with E-state index in [0.29, 0.717) is 28.8 Å². The van der Waals surface area contributed by atoms with Gasteiger partial charge >= 0.3 is 0 Å². The fourth-order valence-electron chi connectivity index (χ4n) is 2.67. The Morgan fingerprint density at radius 1 is 1.33 bits per heavy atom. The van der Waals surface area contributed by atoms with Gasteiger partial charge in [-0.15, -0.1) is 0 Å². The minimum Gasteiger partial charge on any atom is -0.489 e. The largest absolute Gasteiger partial charge is 0.489 e. The summed E-state index contributed by atoms with van der Waals surface area (Å²) in [7, 11) is 0.